The second kappa shape index (κ2) is 11.6. The first-order valence-corrected chi connectivity index (χ1v) is 10.5. The molecule has 1 aromatic heterocycles. The van der Waals surface area contributed by atoms with Gasteiger partial charge in [-0.1, -0.05) is 13.8 Å². The summed E-state index contributed by atoms with van der Waals surface area (Å²) in [5.74, 6) is 2.13. The molecule has 7 nitrogen and oxygen atoms in total. The summed E-state index contributed by atoms with van der Waals surface area (Å²) in [5.41, 5.74) is 1.20. The predicted molar refractivity (Wildman–Crippen MR) is 129 cm³/mol. The van der Waals surface area contributed by atoms with Gasteiger partial charge in [0.1, 0.15) is 5.82 Å². The first-order chi connectivity index (χ1) is 13.6. The van der Waals surface area contributed by atoms with Crippen LogP contribution in [0.1, 0.15) is 45.1 Å². The fraction of sp³-hybridized carbons (Fsp3) is 0.667. The lowest BCUT2D eigenvalue weighted by molar-refractivity contribution is -0.133. The highest BCUT2D eigenvalue weighted by molar-refractivity contribution is 14.0. The standard InChI is InChI=1S/C21H34N6O.HI/c1-16(2)20(28)27-12-8-18(15-27)25-21(22-3)24-14-17-7-9-23-19(13-17)26-10-5-4-6-11-26;/h7,9,13,16,18H,4-6,8,10-12,14-15H2,1-3H3,(H2,22,24,25);1H. The van der Waals surface area contributed by atoms with Crippen LogP contribution in [0.5, 0.6) is 0 Å². The van der Waals surface area contributed by atoms with Crippen LogP contribution in [0.4, 0.5) is 5.82 Å². The minimum atomic E-state index is 0. The van der Waals surface area contributed by atoms with Crippen LogP contribution >= 0.6 is 24.0 Å². The molecule has 0 saturated carbocycles. The number of carbonyl (C=O) groups is 1. The largest absolute Gasteiger partial charge is 0.357 e. The third-order valence-corrected chi connectivity index (χ3v) is 5.51. The molecule has 1 aromatic rings. The quantitative estimate of drug-likeness (QED) is 0.359. The van der Waals surface area contributed by atoms with Crippen molar-refractivity contribution in [3.63, 3.8) is 0 Å². The summed E-state index contributed by atoms with van der Waals surface area (Å²) >= 11 is 0. The molecule has 3 heterocycles. The van der Waals surface area contributed by atoms with Gasteiger partial charge in [0.05, 0.1) is 0 Å². The van der Waals surface area contributed by atoms with E-state index in [1.165, 1.54) is 24.8 Å². The molecule has 2 aliphatic heterocycles. The fourth-order valence-corrected chi connectivity index (χ4v) is 3.88. The molecule has 1 atom stereocenters. The van der Waals surface area contributed by atoms with Crippen LogP contribution in [-0.4, -0.2) is 61.0 Å². The van der Waals surface area contributed by atoms with Crippen molar-refractivity contribution < 1.29 is 4.79 Å². The van der Waals surface area contributed by atoms with Crippen molar-refractivity contribution >= 4 is 41.7 Å². The molecule has 2 N–H and O–H groups in total. The number of halogens is 1. The lowest BCUT2D eigenvalue weighted by Gasteiger charge is -2.28. The van der Waals surface area contributed by atoms with Gasteiger partial charge in [-0.15, -0.1) is 24.0 Å². The summed E-state index contributed by atoms with van der Waals surface area (Å²) in [7, 11) is 1.78. The van der Waals surface area contributed by atoms with Crippen LogP contribution in [-0.2, 0) is 11.3 Å². The average Bonchev–Trinajstić information content (AvgIpc) is 3.19. The van der Waals surface area contributed by atoms with Crippen molar-refractivity contribution in [2.45, 2.75) is 52.1 Å². The summed E-state index contributed by atoms with van der Waals surface area (Å²) in [6.07, 6.45) is 6.66. The van der Waals surface area contributed by atoms with E-state index in [2.05, 4.69) is 31.6 Å². The highest BCUT2D eigenvalue weighted by Crippen LogP contribution is 2.18. The van der Waals surface area contributed by atoms with Crippen LogP contribution in [0.25, 0.3) is 0 Å². The number of nitrogens with zero attached hydrogens (tertiary/aromatic N) is 4. The van der Waals surface area contributed by atoms with Gasteiger partial charge >= 0.3 is 0 Å². The van der Waals surface area contributed by atoms with Crippen LogP contribution in [0.2, 0.25) is 0 Å². The third kappa shape index (κ3) is 6.72. The number of aliphatic imine (C=N–C) groups is 1. The predicted octanol–water partition coefficient (Wildman–Crippen LogP) is 2.61. The minimum absolute atomic E-state index is 0. The zero-order valence-electron chi connectivity index (χ0n) is 17.9. The van der Waals surface area contributed by atoms with Crippen molar-refractivity contribution in [1.29, 1.82) is 0 Å². The van der Waals surface area contributed by atoms with Crippen LogP contribution in [0.15, 0.2) is 23.3 Å². The molecular formula is C21H35IN6O. The number of pyridine rings is 1. The lowest BCUT2D eigenvalue weighted by atomic mass is 10.1. The molecule has 0 aliphatic carbocycles. The van der Waals surface area contributed by atoms with Crippen molar-refractivity contribution in [3.8, 4) is 0 Å². The maximum absolute atomic E-state index is 12.2. The van der Waals surface area contributed by atoms with Gasteiger partial charge in [0.25, 0.3) is 0 Å². The van der Waals surface area contributed by atoms with E-state index in [0.717, 1.165) is 44.4 Å². The Morgan fingerprint density at radius 3 is 2.72 bits per heavy atom. The number of hydrogen-bond donors (Lipinski definition) is 2. The molecule has 2 saturated heterocycles. The van der Waals surface area contributed by atoms with E-state index in [1.807, 2.05) is 31.0 Å². The molecule has 0 bridgehead atoms. The normalized spacial score (nSPS) is 19.9. The average molecular weight is 514 g/mol. The van der Waals surface area contributed by atoms with E-state index in [0.29, 0.717) is 6.54 Å². The summed E-state index contributed by atoms with van der Waals surface area (Å²) in [4.78, 5) is 25.4. The van der Waals surface area contributed by atoms with Crippen molar-refractivity contribution in [2.75, 3.05) is 38.1 Å². The number of carbonyl (C=O) groups excluding carboxylic acids is 1. The molecule has 0 radical (unpaired) electrons. The Kier molecular flexibility index (Phi) is 9.45. The van der Waals surface area contributed by atoms with Gasteiger partial charge in [0.2, 0.25) is 5.91 Å². The highest BCUT2D eigenvalue weighted by atomic mass is 127. The molecule has 2 aliphatic rings. The number of rotatable bonds is 5. The van der Waals surface area contributed by atoms with Gasteiger partial charge in [-0.3, -0.25) is 9.79 Å². The number of nitrogens with one attached hydrogen (secondary N) is 2. The molecule has 2 fully saturated rings. The Morgan fingerprint density at radius 2 is 2.03 bits per heavy atom. The van der Waals surface area contributed by atoms with Crippen LogP contribution in [0, 0.1) is 5.92 Å². The van der Waals surface area contributed by atoms with E-state index in [1.54, 1.807) is 7.05 Å². The summed E-state index contributed by atoms with van der Waals surface area (Å²) < 4.78 is 0. The molecule has 0 spiro atoms. The van der Waals surface area contributed by atoms with Gasteiger partial charge in [0.15, 0.2) is 5.96 Å². The van der Waals surface area contributed by atoms with E-state index in [9.17, 15) is 4.79 Å². The minimum Gasteiger partial charge on any atom is -0.357 e. The molecule has 0 aromatic carbocycles. The number of hydrogen-bond acceptors (Lipinski definition) is 4. The van der Waals surface area contributed by atoms with Crippen molar-refractivity contribution in [1.82, 2.24) is 20.5 Å². The van der Waals surface area contributed by atoms with Crippen LogP contribution in [0.3, 0.4) is 0 Å². The first kappa shape index (κ1) is 23.7. The van der Waals surface area contributed by atoms with Gasteiger partial charge < -0.3 is 20.4 Å². The number of aromatic nitrogens is 1. The maximum Gasteiger partial charge on any atom is 0.225 e. The van der Waals surface area contributed by atoms with Gasteiger partial charge in [-0.2, -0.15) is 0 Å². The van der Waals surface area contributed by atoms with E-state index < -0.39 is 0 Å². The van der Waals surface area contributed by atoms with Gasteiger partial charge in [-0.05, 0) is 43.4 Å². The molecule has 162 valence electrons. The Labute approximate surface area is 191 Å². The van der Waals surface area contributed by atoms with E-state index in [-0.39, 0.29) is 41.8 Å². The highest BCUT2D eigenvalue weighted by Gasteiger charge is 2.27. The molecule has 1 amide bonds. The summed E-state index contributed by atoms with van der Waals surface area (Å²) in [6, 6.07) is 4.46. The van der Waals surface area contributed by atoms with Gasteiger partial charge in [-0.25, -0.2) is 4.98 Å². The SMILES string of the molecule is CN=C(NCc1ccnc(N2CCCCC2)c1)NC1CCN(C(=O)C(C)C)C1.I. The monoisotopic (exact) mass is 514 g/mol. The number of likely N-dealkylation sites (tertiary alicyclic amines) is 1. The second-order valence-corrected chi connectivity index (χ2v) is 8.06. The second-order valence-electron chi connectivity index (χ2n) is 8.06. The Hall–Kier alpha value is -1.58. The van der Waals surface area contributed by atoms with E-state index in [4.69, 9.17) is 0 Å². The smallest absolute Gasteiger partial charge is 0.225 e. The molecule has 1 unspecified atom stereocenters. The van der Waals surface area contributed by atoms with Crippen LogP contribution < -0.4 is 15.5 Å². The summed E-state index contributed by atoms with van der Waals surface area (Å²) in [6.45, 7) is 8.36. The number of piperidine rings is 1. The van der Waals surface area contributed by atoms with Crippen molar-refractivity contribution in [3.05, 3.63) is 23.9 Å². The van der Waals surface area contributed by atoms with E-state index >= 15 is 0 Å². The molecular weight excluding hydrogens is 479 g/mol. The zero-order chi connectivity index (χ0) is 19.9. The topological polar surface area (TPSA) is 72.9 Å². The third-order valence-electron chi connectivity index (χ3n) is 5.51. The number of anilines is 1. The molecule has 29 heavy (non-hydrogen) atoms. The van der Waals surface area contributed by atoms with Crippen molar-refractivity contribution in [2.24, 2.45) is 10.9 Å². The Bertz CT molecular complexity index is 690. The molecule has 3 rings (SSSR count). The molecule has 8 heteroatoms. The fourth-order valence-electron chi connectivity index (χ4n) is 3.88. The lowest BCUT2D eigenvalue weighted by Crippen LogP contribution is -2.45. The number of amides is 1. The summed E-state index contributed by atoms with van der Waals surface area (Å²) in [5, 5.41) is 6.86. The Balaban J connectivity index is 0.00000300. The Morgan fingerprint density at radius 1 is 1.28 bits per heavy atom. The maximum atomic E-state index is 12.2. The number of guanidine groups is 1. The first-order valence-electron chi connectivity index (χ1n) is 10.5. The van der Waals surface area contributed by atoms with Gasteiger partial charge in [0, 0.05) is 57.9 Å². The zero-order valence-corrected chi connectivity index (χ0v) is 20.2.